The molecule has 25 heavy (non-hydrogen) atoms. The van der Waals surface area contributed by atoms with E-state index in [4.69, 9.17) is 0 Å². The van der Waals surface area contributed by atoms with Crippen molar-refractivity contribution in [1.82, 2.24) is 19.7 Å². The van der Waals surface area contributed by atoms with Gasteiger partial charge in [0.15, 0.2) is 0 Å². The van der Waals surface area contributed by atoms with Gasteiger partial charge in [0.25, 0.3) is 5.91 Å². The summed E-state index contributed by atoms with van der Waals surface area (Å²) >= 11 is 0. The van der Waals surface area contributed by atoms with Gasteiger partial charge in [0, 0.05) is 19.5 Å². The molecule has 0 saturated heterocycles. The van der Waals surface area contributed by atoms with Crippen molar-refractivity contribution in [3.63, 3.8) is 0 Å². The number of carbonyl (C=O) groups is 1. The zero-order chi connectivity index (χ0) is 17.8. The molecule has 3 aromatic rings. The molecule has 5 nitrogen and oxygen atoms in total. The molecule has 0 aliphatic rings. The van der Waals surface area contributed by atoms with Crippen LogP contribution in [-0.2, 0) is 6.42 Å². The average Bonchev–Trinajstić information content (AvgIpc) is 3.05. The molecule has 0 bridgehead atoms. The normalized spacial score (nSPS) is 10.9. The Hall–Kier alpha value is -2.95. The van der Waals surface area contributed by atoms with Gasteiger partial charge in [-0.05, 0) is 31.5 Å². The van der Waals surface area contributed by atoms with E-state index in [9.17, 15) is 4.79 Å². The highest BCUT2D eigenvalue weighted by atomic mass is 16.2. The summed E-state index contributed by atoms with van der Waals surface area (Å²) in [6, 6.07) is 19.9. The molecule has 0 aliphatic heterocycles. The molecular formula is C20H22N4O. The van der Waals surface area contributed by atoms with Gasteiger partial charge in [-0.15, -0.1) is 5.10 Å². The predicted molar refractivity (Wildman–Crippen MR) is 97.8 cm³/mol. The molecule has 3 rings (SSSR count). The second-order valence-electron chi connectivity index (χ2n) is 6.27. The molecule has 0 saturated carbocycles. The molecule has 128 valence electrons. The summed E-state index contributed by atoms with van der Waals surface area (Å²) in [5.41, 5.74) is 2.02. The van der Waals surface area contributed by atoms with E-state index in [-0.39, 0.29) is 17.8 Å². The molecule has 0 aliphatic carbocycles. The van der Waals surface area contributed by atoms with Crippen molar-refractivity contribution in [1.29, 1.82) is 0 Å². The number of hydrogen-bond donors (Lipinski definition) is 0. The second kappa shape index (κ2) is 7.30. The molecular weight excluding hydrogens is 312 g/mol. The van der Waals surface area contributed by atoms with Crippen molar-refractivity contribution in [2.75, 3.05) is 7.05 Å². The number of aromatic nitrogens is 3. The Kier molecular flexibility index (Phi) is 4.93. The summed E-state index contributed by atoms with van der Waals surface area (Å²) in [4.78, 5) is 18.8. The first kappa shape index (κ1) is 16.9. The molecule has 0 radical (unpaired) electrons. The van der Waals surface area contributed by atoms with Crippen LogP contribution in [0.25, 0.3) is 5.69 Å². The predicted octanol–water partition coefficient (Wildman–Crippen LogP) is 3.34. The number of hydrogen-bond acceptors (Lipinski definition) is 3. The zero-order valence-corrected chi connectivity index (χ0v) is 14.8. The highest BCUT2D eigenvalue weighted by molar-refractivity contribution is 5.90. The van der Waals surface area contributed by atoms with Crippen molar-refractivity contribution >= 4 is 5.91 Å². The minimum Gasteiger partial charge on any atom is -0.337 e. The molecule has 0 spiro atoms. The van der Waals surface area contributed by atoms with Gasteiger partial charge in [0.2, 0.25) is 5.82 Å². The number of carbonyl (C=O) groups excluding carboxylic acids is 1. The van der Waals surface area contributed by atoms with Gasteiger partial charge in [-0.2, -0.15) is 0 Å². The summed E-state index contributed by atoms with van der Waals surface area (Å²) in [6.45, 7) is 3.94. The number of benzene rings is 2. The molecule has 0 fully saturated rings. The average molecular weight is 334 g/mol. The molecule has 2 aromatic carbocycles. The smallest absolute Gasteiger partial charge is 0.293 e. The van der Waals surface area contributed by atoms with Crippen LogP contribution < -0.4 is 0 Å². The van der Waals surface area contributed by atoms with Crippen molar-refractivity contribution in [3.8, 4) is 5.69 Å². The van der Waals surface area contributed by atoms with E-state index < -0.39 is 0 Å². The van der Waals surface area contributed by atoms with E-state index in [1.165, 1.54) is 0 Å². The highest BCUT2D eigenvalue weighted by Crippen LogP contribution is 2.15. The van der Waals surface area contributed by atoms with Gasteiger partial charge in [0.1, 0.15) is 5.82 Å². The van der Waals surface area contributed by atoms with Crippen molar-refractivity contribution < 1.29 is 4.79 Å². The minimum atomic E-state index is -0.168. The third-order valence-electron chi connectivity index (χ3n) is 4.17. The van der Waals surface area contributed by atoms with Gasteiger partial charge >= 0.3 is 0 Å². The maximum atomic E-state index is 12.6. The molecule has 0 atom stereocenters. The van der Waals surface area contributed by atoms with Crippen LogP contribution in [0.2, 0.25) is 0 Å². The number of rotatable bonds is 5. The molecule has 0 unspecified atom stereocenters. The van der Waals surface area contributed by atoms with E-state index in [2.05, 4.69) is 10.1 Å². The van der Waals surface area contributed by atoms with Gasteiger partial charge < -0.3 is 4.90 Å². The van der Waals surface area contributed by atoms with Crippen LogP contribution in [0.1, 0.15) is 35.9 Å². The van der Waals surface area contributed by atoms with E-state index >= 15 is 0 Å². The number of amides is 1. The molecule has 1 heterocycles. The fourth-order valence-corrected chi connectivity index (χ4v) is 2.50. The van der Waals surface area contributed by atoms with Crippen LogP contribution in [0.3, 0.4) is 0 Å². The van der Waals surface area contributed by atoms with Crippen molar-refractivity contribution in [3.05, 3.63) is 77.9 Å². The Morgan fingerprint density at radius 2 is 1.64 bits per heavy atom. The summed E-state index contributed by atoms with van der Waals surface area (Å²) in [5, 5.41) is 4.49. The molecule has 5 heteroatoms. The third kappa shape index (κ3) is 3.76. The van der Waals surface area contributed by atoms with Crippen LogP contribution in [0.15, 0.2) is 60.7 Å². The Morgan fingerprint density at radius 3 is 2.24 bits per heavy atom. The lowest BCUT2D eigenvalue weighted by Crippen LogP contribution is -2.33. The SMILES string of the molecule is CC(C)N(C)C(=O)c1nc(Cc2ccccc2)n(-c2ccccc2)n1. The van der Waals surface area contributed by atoms with E-state index in [0.717, 1.165) is 17.1 Å². The Labute approximate surface area is 147 Å². The topological polar surface area (TPSA) is 51.0 Å². The Morgan fingerprint density at radius 1 is 1.04 bits per heavy atom. The minimum absolute atomic E-state index is 0.0914. The lowest BCUT2D eigenvalue weighted by Gasteiger charge is -2.19. The maximum absolute atomic E-state index is 12.6. The van der Waals surface area contributed by atoms with Gasteiger partial charge in [0.05, 0.1) is 5.69 Å². The fourth-order valence-electron chi connectivity index (χ4n) is 2.50. The summed E-state index contributed by atoms with van der Waals surface area (Å²) in [5.74, 6) is 0.808. The quantitative estimate of drug-likeness (QED) is 0.719. The third-order valence-corrected chi connectivity index (χ3v) is 4.17. The van der Waals surface area contributed by atoms with Crippen molar-refractivity contribution in [2.24, 2.45) is 0 Å². The monoisotopic (exact) mass is 334 g/mol. The molecule has 1 amide bonds. The summed E-state index contributed by atoms with van der Waals surface area (Å²) in [6.07, 6.45) is 0.613. The van der Waals surface area contributed by atoms with Crippen molar-refractivity contribution in [2.45, 2.75) is 26.3 Å². The lowest BCUT2D eigenvalue weighted by atomic mass is 10.1. The standard InChI is InChI=1S/C20H22N4O/c1-15(2)23(3)20(25)19-21-18(14-16-10-6-4-7-11-16)24(22-19)17-12-8-5-9-13-17/h4-13,15H,14H2,1-3H3. The summed E-state index contributed by atoms with van der Waals surface area (Å²) in [7, 11) is 1.77. The van der Waals surface area contributed by atoms with E-state index in [0.29, 0.717) is 6.42 Å². The Balaban J connectivity index is 2.01. The molecule has 0 N–H and O–H groups in total. The molecule has 1 aromatic heterocycles. The summed E-state index contributed by atoms with van der Waals surface area (Å²) < 4.78 is 1.76. The van der Waals surface area contributed by atoms with Gasteiger partial charge in [-0.3, -0.25) is 4.79 Å². The van der Waals surface area contributed by atoms with Gasteiger partial charge in [-0.1, -0.05) is 48.5 Å². The first-order valence-corrected chi connectivity index (χ1v) is 8.38. The number of nitrogens with zero attached hydrogens (tertiary/aromatic N) is 4. The van der Waals surface area contributed by atoms with Crippen LogP contribution in [0.4, 0.5) is 0 Å². The first-order chi connectivity index (χ1) is 12.1. The number of para-hydroxylation sites is 1. The van der Waals surface area contributed by atoms with Gasteiger partial charge in [-0.25, -0.2) is 9.67 Å². The van der Waals surface area contributed by atoms with E-state index in [1.807, 2.05) is 74.5 Å². The maximum Gasteiger partial charge on any atom is 0.293 e. The Bertz CT molecular complexity index is 841. The largest absolute Gasteiger partial charge is 0.337 e. The second-order valence-corrected chi connectivity index (χ2v) is 6.27. The van der Waals surface area contributed by atoms with Crippen LogP contribution in [0.5, 0.6) is 0 Å². The first-order valence-electron chi connectivity index (χ1n) is 8.38. The van der Waals surface area contributed by atoms with Crippen LogP contribution in [-0.4, -0.2) is 38.7 Å². The zero-order valence-electron chi connectivity index (χ0n) is 14.8. The van der Waals surface area contributed by atoms with Crippen LogP contribution in [0, 0.1) is 0 Å². The highest BCUT2D eigenvalue weighted by Gasteiger charge is 2.22. The van der Waals surface area contributed by atoms with Crippen LogP contribution >= 0.6 is 0 Å². The lowest BCUT2D eigenvalue weighted by molar-refractivity contribution is 0.0742. The van der Waals surface area contributed by atoms with E-state index in [1.54, 1.807) is 16.6 Å². The fraction of sp³-hybridized carbons (Fsp3) is 0.250.